The van der Waals surface area contributed by atoms with Crippen LogP contribution in [-0.4, -0.2) is 43.6 Å². The van der Waals surface area contributed by atoms with Gasteiger partial charge in [0.15, 0.2) is 0 Å². The van der Waals surface area contributed by atoms with Crippen molar-refractivity contribution in [3.8, 4) is 11.5 Å². The SMILES string of the molecule is CCOc1cccc(N2C(=O)C(=O)/C(=C(\O)c3ccc4c(c3)N(C)CCO4)C2c2ccco2)c1. The molecule has 1 amide bonds. The van der Waals surface area contributed by atoms with E-state index in [-0.39, 0.29) is 11.3 Å². The highest BCUT2D eigenvalue weighted by Gasteiger charge is 2.48. The third-order valence-electron chi connectivity index (χ3n) is 5.99. The smallest absolute Gasteiger partial charge is 0.300 e. The maximum absolute atomic E-state index is 13.3. The first kappa shape index (κ1) is 21.6. The quantitative estimate of drug-likeness (QED) is 0.348. The van der Waals surface area contributed by atoms with E-state index in [9.17, 15) is 14.7 Å². The van der Waals surface area contributed by atoms with E-state index >= 15 is 0 Å². The normalized spacial score (nSPS) is 19.2. The van der Waals surface area contributed by atoms with Gasteiger partial charge < -0.3 is 23.9 Å². The van der Waals surface area contributed by atoms with Crippen LogP contribution in [0.1, 0.15) is 24.3 Å². The molecule has 0 bridgehead atoms. The Morgan fingerprint density at radius 1 is 1.15 bits per heavy atom. The first-order chi connectivity index (χ1) is 16.5. The number of ether oxygens (including phenoxy) is 2. The molecule has 3 heterocycles. The number of hydrogen-bond donors (Lipinski definition) is 1. The van der Waals surface area contributed by atoms with Crippen molar-refractivity contribution in [1.82, 2.24) is 0 Å². The van der Waals surface area contributed by atoms with Gasteiger partial charge >= 0.3 is 0 Å². The van der Waals surface area contributed by atoms with E-state index in [2.05, 4.69) is 0 Å². The Morgan fingerprint density at radius 2 is 2.00 bits per heavy atom. The van der Waals surface area contributed by atoms with Gasteiger partial charge in [-0.1, -0.05) is 6.07 Å². The first-order valence-corrected chi connectivity index (χ1v) is 11.0. The largest absolute Gasteiger partial charge is 0.507 e. The molecule has 8 nitrogen and oxygen atoms in total. The van der Waals surface area contributed by atoms with Gasteiger partial charge in [0.2, 0.25) is 0 Å². The molecular formula is C26H24N2O6. The van der Waals surface area contributed by atoms with E-state index in [1.54, 1.807) is 54.6 Å². The molecule has 0 spiro atoms. The fraction of sp³-hybridized carbons (Fsp3) is 0.231. The fourth-order valence-corrected chi connectivity index (χ4v) is 4.36. The Labute approximate surface area is 196 Å². The Hall–Kier alpha value is -4.20. The van der Waals surface area contributed by atoms with Gasteiger partial charge in [0.05, 0.1) is 30.7 Å². The van der Waals surface area contributed by atoms with Crippen LogP contribution in [0.5, 0.6) is 11.5 Å². The summed E-state index contributed by atoms with van der Waals surface area (Å²) in [7, 11) is 1.93. The zero-order valence-electron chi connectivity index (χ0n) is 18.9. The number of hydrogen-bond acceptors (Lipinski definition) is 7. The molecule has 1 aromatic heterocycles. The average molecular weight is 460 g/mol. The second kappa shape index (κ2) is 8.62. The van der Waals surface area contributed by atoms with Gasteiger partial charge in [0.25, 0.3) is 11.7 Å². The van der Waals surface area contributed by atoms with Crippen LogP contribution in [-0.2, 0) is 9.59 Å². The molecule has 0 radical (unpaired) electrons. The van der Waals surface area contributed by atoms with Crippen LogP contribution in [0.25, 0.3) is 5.76 Å². The summed E-state index contributed by atoms with van der Waals surface area (Å²) in [5.41, 5.74) is 1.63. The van der Waals surface area contributed by atoms with Crippen molar-refractivity contribution in [3.63, 3.8) is 0 Å². The number of carbonyl (C=O) groups is 2. The number of likely N-dealkylation sites (N-methyl/N-ethyl adjacent to an activating group) is 1. The van der Waals surface area contributed by atoms with E-state index in [1.807, 2.05) is 18.9 Å². The second-order valence-corrected chi connectivity index (χ2v) is 8.07. The van der Waals surface area contributed by atoms with E-state index in [0.717, 1.165) is 5.69 Å². The summed E-state index contributed by atoms with van der Waals surface area (Å²) in [5.74, 6) is -0.192. The van der Waals surface area contributed by atoms with Crippen LogP contribution in [0.15, 0.2) is 70.9 Å². The highest BCUT2D eigenvalue weighted by atomic mass is 16.5. The Morgan fingerprint density at radius 3 is 2.76 bits per heavy atom. The summed E-state index contributed by atoms with van der Waals surface area (Å²) in [6, 6.07) is 14.5. The number of nitrogens with zero attached hydrogens (tertiary/aromatic N) is 2. The molecule has 1 unspecified atom stereocenters. The van der Waals surface area contributed by atoms with Crippen LogP contribution in [0, 0.1) is 0 Å². The number of fused-ring (bicyclic) bond motifs is 1. The standard InChI is InChI=1S/C26H24N2O6/c1-3-32-18-7-4-6-17(15-18)28-23(21-8-5-12-33-21)22(25(30)26(28)31)24(29)16-9-10-20-19(14-16)27(2)11-13-34-20/h4-10,12,14-15,23,29H,3,11,13H2,1-2H3/b24-22-. The van der Waals surface area contributed by atoms with Gasteiger partial charge in [-0.05, 0) is 49.4 Å². The molecule has 1 fully saturated rings. The van der Waals surface area contributed by atoms with Crippen molar-refractivity contribution >= 4 is 28.8 Å². The third-order valence-corrected chi connectivity index (χ3v) is 5.99. The molecule has 2 aliphatic rings. The number of rotatable bonds is 5. The molecule has 2 aliphatic heterocycles. The minimum absolute atomic E-state index is 0.0407. The molecule has 2 aromatic carbocycles. The van der Waals surface area contributed by atoms with Crippen molar-refractivity contribution in [1.29, 1.82) is 0 Å². The van der Waals surface area contributed by atoms with Crippen LogP contribution in [0.2, 0.25) is 0 Å². The maximum Gasteiger partial charge on any atom is 0.300 e. The number of amides is 1. The number of Topliss-reactive ketones (excluding diaryl/α,β-unsaturated/α-hetero) is 1. The highest BCUT2D eigenvalue weighted by molar-refractivity contribution is 6.51. The van der Waals surface area contributed by atoms with E-state index in [4.69, 9.17) is 13.9 Å². The number of anilines is 2. The van der Waals surface area contributed by atoms with Crippen molar-refractivity contribution in [2.24, 2.45) is 0 Å². The van der Waals surface area contributed by atoms with Crippen LogP contribution in [0.3, 0.4) is 0 Å². The third kappa shape index (κ3) is 3.57. The highest BCUT2D eigenvalue weighted by Crippen LogP contribution is 2.43. The van der Waals surface area contributed by atoms with E-state index < -0.39 is 17.7 Å². The Balaban J connectivity index is 1.65. The summed E-state index contributed by atoms with van der Waals surface area (Å²) in [5, 5.41) is 11.3. The molecule has 34 heavy (non-hydrogen) atoms. The lowest BCUT2D eigenvalue weighted by atomic mass is 9.98. The number of aliphatic hydroxyl groups is 1. The predicted molar refractivity (Wildman–Crippen MR) is 126 cm³/mol. The zero-order valence-corrected chi connectivity index (χ0v) is 18.9. The van der Waals surface area contributed by atoms with Crippen molar-refractivity contribution in [2.45, 2.75) is 13.0 Å². The summed E-state index contributed by atoms with van der Waals surface area (Å²) >= 11 is 0. The summed E-state index contributed by atoms with van der Waals surface area (Å²) in [4.78, 5) is 29.8. The number of ketones is 1. The Bertz CT molecular complexity index is 1280. The van der Waals surface area contributed by atoms with Crippen molar-refractivity contribution < 1.29 is 28.6 Å². The van der Waals surface area contributed by atoms with Gasteiger partial charge in [0.1, 0.15) is 35.7 Å². The molecular weight excluding hydrogens is 436 g/mol. The topological polar surface area (TPSA) is 92.5 Å². The second-order valence-electron chi connectivity index (χ2n) is 8.07. The fourth-order valence-electron chi connectivity index (χ4n) is 4.36. The lowest BCUT2D eigenvalue weighted by Crippen LogP contribution is -2.29. The molecule has 0 aliphatic carbocycles. The van der Waals surface area contributed by atoms with E-state index in [1.165, 1.54) is 11.2 Å². The minimum Gasteiger partial charge on any atom is -0.507 e. The minimum atomic E-state index is -0.933. The molecule has 0 saturated carbocycles. The van der Waals surface area contributed by atoms with Crippen LogP contribution in [0.4, 0.5) is 11.4 Å². The predicted octanol–water partition coefficient (Wildman–Crippen LogP) is 4.13. The van der Waals surface area contributed by atoms with Gasteiger partial charge in [-0.25, -0.2) is 0 Å². The first-order valence-electron chi connectivity index (χ1n) is 11.0. The molecule has 5 rings (SSSR count). The number of carbonyl (C=O) groups excluding carboxylic acids is 2. The molecule has 1 atom stereocenters. The molecule has 8 heteroatoms. The summed E-state index contributed by atoms with van der Waals surface area (Å²) in [6.07, 6.45) is 1.47. The monoisotopic (exact) mass is 460 g/mol. The molecule has 3 aromatic rings. The number of benzene rings is 2. The zero-order chi connectivity index (χ0) is 23.8. The lowest BCUT2D eigenvalue weighted by molar-refractivity contribution is -0.132. The van der Waals surface area contributed by atoms with Crippen molar-refractivity contribution in [2.75, 3.05) is 36.6 Å². The maximum atomic E-state index is 13.3. The lowest BCUT2D eigenvalue weighted by Gasteiger charge is -2.28. The molecule has 1 saturated heterocycles. The van der Waals surface area contributed by atoms with Gasteiger partial charge in [-0.2, -0.15) is 0 Å². The number of furan rings is 1. The molecule has 174 valence electrons. The summed E-state index contributed by atoms with van der Waals surface area (Å²) < 4.78 is 16.9. The van der Waals surface area contributed by atoms with Gasteiger partial charge in [-0.15, -0.1) is 0 Å². The average Bonchev–Trinajstić information content (AvgIpc) is 3.46. The van der Waals surface area contributed by atoms with E-state index in [0.29, 0.717) is 48.3 Å². The van der Waals surface area contributed by atoms with Gasteiger partial charge in [-0.3, -0.25) is 14.5 Å². The van der Waals surface area contributed by atoms with Crippen LogP contribution < -0.4 is 19.3 Å². The van der Waals surface area contributed by atoms with Crippen molar-refractivity contribution in [3.05, 3.63) is 77.8 Å². The Kier molecular flexibility index (Phi) is 5.49. The van der Waals surface area contributed by atoms with Crippen LogP contribution >= 0.6 is 0 Å². The molecule has 1 N–H and O–H groups in total. The van der Waals surface area contributed by atoms with Gasteiger partial charge in [0, 0.05) is 24.4 Å². The number of aliphatic hydroxyl groups excluding tert-OH is 1. The summed E-state index contributed by atoms with van der Waals surface area (Å²) in [6.45, 7) is 3.59.